The number of nitrogens with one attached hydrogen (secondary N) is 1. The fraction of sp³-hybridized carbons (Fsp3) is 1.00. The van der Waals surface area contributed by atoms with Gasteiger partial charge in [0.15, 0.2) is 0 Å². The van der Waals surface area contributed by atoms with E-state index in [4.69, 9.17) is 0 Å². The van der Waals surface area contributed by atoms with Gasteiger partial charge in [-0.3, -0.25) is 4.90 Å². The van der Waals surface area contributed by atoms with Crippen molar-refractivity contribution in [2.45, 2.75) is 18.4 Å². The molecule has 5 heteroatoms. The second-order valence-corrected chi connectivity index (χ2v) is 4.97. The van der Waals surface area contributed by atoms with Gasteiger partial charge in [-0.05, 0) is 26.3 Å². The van der Waals surface area contributed by atoms with Gasteiger partial charge in [0.25, 0.3) is 5.92 Å². The van der Waals surface area contributed by atoms with Crippen molar-refractivity contribution in [3.05, 3.63) is 0 Å². The summed E-state index contributed by atoms with van der Waals surface area (Å²) in [6.45, 7) is -0.379. The van der Waals surface area contributed by atoms with Gasteiger partial charge in [-0.2, -0.15) is 11.8 Å². The van der Waals surface area contributed by atoms with Gasteiger partial charge in [-0.1, -0.05) is 0 Å². The lowest BCUT2D eigenvalue weighted by atomic mass is 10.2. The van der Waals surface area contributed by atoms with Crippen LogP contribution in [0.5, 0.6) is 0 Å². The van der Waals surface area contributed by atoms with Crippen LogP contribution < -0.4 is 5.32 Å². The summed E-state index contributed by atoms with van der Waals surface area (Å²) in [5, 5.41) is 2.52. The van der Waals surface area contributed by atoms with Gasteiger partial charge in [-0.15, -0.1) is 0 Å². The number of alkyl halides is 2. The minimum atomic E-state index is -2.61. The van der Waals surface area contributed by atoms with Crippen LogP contribution in [-0.2, 0) is 0 Å². The molecule has 1 heterocycles. The summed E-state index contributed by atoms with van der Waals surface area (Å²) in [5.41, 5.74) is 0. The van der Waals surface area contributed by atoms with Gasteiger partial charge in [0, 0.05) is 11.8 Å². The van der Waals surface area contributed by atoms with Crippen LogP contribution >= 0.6 is 11.8 Å². The van der Waals surface area contributed by atoms with Crippen molar-refractivity contribution in [1.29, 1.82) is 0 Å². The maximum absolute atomic E-state index is 13.2. The molecule has 0 aliphatic carbocycles. The van der Waals surface area contributed by atoms with Crippen LogP contribution in [0, 0.1) is 0 Å². The van der Waals surface area contributed by atoms with E-state index in [1.165, 1.54) is 0 Å². The number of halogens is 2. The van der Waals surface area contributed by atoms with Crippen molar-refractivity contribution < 1.29 is 8.78 Å². The first-order valence-electron chi connectivity index (χ1n) is 4.85. The normalized spacial score (nSPS) is 23.4. The van der Waals surface area contributed by atoms with Crippen molar-refractivity contribution in [2.75, 3.05) is 38.7 Å². The second kappa shape index (κ2) is 5.28. The molecule has 1 unspecified atom stereocenters. The van der Waals surface area contributed by atoms with Crippen molar-refractivity contribution in [3.8, 4) is 0 Å². The highest BCUT2D eigenvalue weighted by molar-refractivity contribution is 7.99. The Hall–Kier alpha value is 0.130. The molecule has 1 aliphatic rings. The molecular weight excluding hydrogens is 206 g/mol. The third-order valence-electron chi connectivity index (χ3n) is 2.45. The molecular formula is C9H18F2N2S. The summed E-state index contributed by atoms with van der Waals surface area (Å²) in [5.74, 6) is -0.518. The number of rotatable bonds is 5. The lowest BCUT2D eigenvalue weighted by molar-refractivity contribution is -0.0301. The van der Waals surface area contributed by atoms with E-state index in [0.29, 0.717) is 6.04 Å². The summed E-state index contributed by atoms with van der Waals surface area (Å²) < 4.78 is 26.4. The van der Waals surface area contributed by atoms with Crippen LogP contribution in [0.2, 0.25) is 0 Å². The number of hydrogen-bond acceptors (Lipinski definition) is 3. The van der Waals surface area contributed by atoms with E-state index in [2.05, 4.69) is 5.32 Å². The Morgan fingerprint density at radius 3 is 2.79 bits per heavy atom. The summed E-state index contributed by atoms with van der Waals surface area (Å²) in [4.78, 5) is 1.79. The van der Waals surface area contributed by atoms with Gasteiger partial charge in [0.2, 0.25) is 0 Å². The highest BCUT2D eigenvalue weighted by atomic mass is 32.2. The predicted molar refractivity (Wildman–Crippen MR) is 57.2 cm³/mol. The fourth-order valence-electron chi connectivity index (χ4n) is 1.68. The van der Waals surface area contributed by atoms with Crippen LogP contribution in [0.1, 0.15) is 6.42 Å². The number of hydrogen-bond donors (Lipinski definition) is 1. The van der Waals surface area contributed by atoms with Crippen LogP contribution in [0.25, 0.3) is 0 Å². The zero-order valence-electron chi connectivity index (χ0n) is 8.72. The molecule has 14 heavy (non-hydrogen) atoms. The lowest BCUT2D eigenvalue weighted by Crippen LogP contribution is -2.45. The topological polar surface area (TPSA) is 15.3 Å². The molecule has 0 spiro atoms. The van der Waals surface area contributed by atoms with Crippen molar-refractivity contribution in [1.82, 2.24) is 10.2 Å². The summed E-state index contributed by atoms with van der Waals surface area (Å²) in [7, 11) is 3.35. The molecule has 2 nitrogen and oxygen atoms in total. The Balaban J connectivity index is 2.34. The largest absolute Gasteiger partial charge is 0.314 e. The second-order valence-electron chi connectivity index (χ2n) is 3.82. The number of nitrogens with zero attached hydrogens (tertiary/aromatic N) is 1. The van der Waals surface area contributed by atoms with E-state index in [0.717, 1.165) is 17.9 Å². The zero-order chi connectivity index (χ0) is 10.6. The number of thioether (sulfide) groups is 1. The maximum atomic E-state index is 13.2. The average Bonchev–Trinajstić information content (AvgIpc) is 2.53. The Bertz CT molecular complexity index is 172. The molecule has 84 valence electrons. The molecule has 0 radical (unpaired) electrons. The monoisotopic (exact) mass is 224 g/mol. The van der Waals surface area contributed by atoms with Crippen LogP contribution in [-0.4, -0.2) is 55.6 Å². The Labute approximate surface area is 88.4 Å². The Morgan fingerprint density at radius 2 is 2.29 bits per heavy atom. The molecule has 0 bridgehead atoms. The molecule has 1 N–H and O–H groups in total. The van der Waals surface area contributed by atoms with Crippen LogP contribution in [0.15, 0.2) is 0 Å². The first-order chi connectivity index (χ1) is 6.55. The van der Waals surface area contributed by atoms with Crippen molar-refractivity contribution >= 4 is 11.8 Å². The summed E-state index contributed by atoms with van der Waals surface area (Å²) >= 11 is 1.85. The first kappa shape index (κ1) is 12.2. The first-order valence-corrected chi connectivity index (χ1v) is 6.01. The quantitative estimate of drug-likeness (QED) is 0.757. The standard InChI is InChI=1S/C9H18F2N2S/c1-12-6-9(10,11)7-13(2)8-3-4-14-5-8/h8,12H,3-7H2,1-2H3. The van der Waals surface area contributed by atoms with Gasteiger partial charge in [0.1, 0.15) is 0 Å². The third kappa shape index (κ3) is 3.71. The molecule has 1 atom stereocenters. The van der Waals surface area contributed by atoms with E-state index >= 15 is 0 Å². The summed E-state index contributed by atoms with van der Waals surface area (Å²) in [6, 6.07) is 0.336. The highest BCUT2D eigenvalue weighted by Crippen LogP contribution is 2.23. The molecule has 1 fully saturated rings. The van der Waals surface area contributed by atoms with Crippen molar-refractivity contribution in [2.24, 2.45) is 0 Å². The third-order valence-corrected chi connectivity index (χ3v) is 3.59. The predicted octanol–water partition coefficient (Wildman–Crippen LogP) is 1.28. The minimum absolute atomic E-state index is 0.140. The molecule has 0 aromatic rings. The summed E-state index contributed by atoms with van der Waals surface area (Å²) in [6.07, 6.45) is 1.04. The van der Waals surface area contributed by atoms with Gasteiger partial charge in [0.05, 0.1) is 13.1 Å². The van der Waals surface area contributed by atoms with Gasteiger partial charge < -0.3 is 5.32 Å². The molecule has 0 amide bonds. The highest BCUT2D eigenvalue weighted by Gasteiger charge is 2.32. The van der Waals surface area contributed by atoms with E-state index in [-0.39, 0.29) is 13.1 Å². The molecule has 1 aliphatic heterocycles. The van der Waals surface area contributed by atoms with Crippen LogP contribution in [0.3, 0.4) is 0 Å². The smallest absolute Gasteiger partial charge is 0.272 e. The molecule has 1 rings (SSSR count). The van der Waals surface area contributed by atoms with Gasteiger partial charge >= 0.3 is 0 Å². The van der Waals surface area contributed by atoms with E-state index in [1.807, 2.05) is 11.8 Å². The SMILES string of the molecule is CNCC(F)(F)CN(C)C1CCSC1. The van der Waals surface area contributed by atoms with Crippen molar-refractivity contribution in [3.63, 3.8) is 0 Å². The molecule has 0 aromatic heterocycles. The molecule has 0 aromatic carbocycles. The van der Waals surface area contributed by atoms with Crippen LogP contribution in [0.4, 0.5) is 8.78 Å². The average molecular weight is 224 g/mol. The van der Waals surface area contributed by atoms with E-state index < -0.39 is 5.92 Å². The Morgan fingerprint density at radius 1 is 1.57 bits per heavy atom. The minimum Gasteiger partial charge on any atom is -0.314 e. The van der Waals surface area contributed by atoms with E-state index in [9.17, 15) is 8.78 Å². The zero-order valence-corrected chi connectivity index (χ0v) is 9.54. The molecule has 0 saturated carbocycles. The molecule has 1 saturated heterocycles. The van der Waals surface area contributed by atoms with Gasteiger partial charge in [-0.25, -0.2) is 8.78 Å². The maximum Gasteiger partial charge on any atom is 0.272 e. The Kier molecular flexibility index (Phi) is 4.60. The van der Waals surface area contributed by atoms with E-state index in [1.54, 1.807) is 19.0 Å². The fourth-order valence-corrected chi connectivity index (χ4v) is 2.98. The lowest BCUT2D eigenvalue weighted by Gasteiger charge is -2.28.